The van der Waals surface area contributed by atoms with Crippen LogP contribution in [0.5, 0.6) is 0 Å². The van der Waals surface area contributed by atoms with E-state index in [1.54, 1.807) is 0 Å². The predicted octanol–water partition coefficient (Wildman–Crippen LogP) is 2.97. The molecular weight excluding hydrogens is 376 g/mol. The molecule has 8 nitrogen and oxygen atoms in total. The minimum atomic E-state index is 0.0592. The first kappa shape index (κ1) is 16.5. The molecule has 0 N–H and O–H groups in total. The van der Waals surface area contributed by atoms with Crippen molar-refractivity contribution in [3.63, 3.8) is 0 Å². The Morgan fingerprint density at radius 1 is 1.17 bits per heavy atom. The van der Waals surface area contributed by atoms with Gasteiger partial charge in [0.1, 0.15) is 7.67 Å². The Balaban J connectivity index is 1.32. The molecule has 0 unspecified atom stereocenters. The normalized spacial score (nSPS) is 16.7. The summed E-state index contributed by atoms with van der Waals surface area (Å²) in [5.74, 6) is 1.68. The van der Waals surface area contributed by atoms with Crippen molar-refractivity contribution in [3.05, 3.63) is 53.3 Å². The van der Waals surface area contributed by atoms with Crippen LogP contribution < -0.4 is 4.90 Å². The van der Waals surface area contributed by atoms with Gasteiger partial charge < -0.3 is 4.90 Å². The number of rotatable bonds is 4. The molecular formula is C22H24N8. The lowest BCUT2D eigenvalue weighted by molar-refractivity contribution is 0.563. The molecule has 0 spiro atoms. The van der Waals surface area contributed by atoms with Gasteiger partial charge in [-0.25, -0.2) is 0 Å². The van der Waals surface area contributed by atoms with Crippen molar-refractivity contribution < 1.29 is 1.37 Å². The van der Waals surface area contributed by atoms with Crippen LogP contribution in [0.15, 0.2) is 31.0 Å². The maximum Gasteiger partial charge on any atom is 0.180 e. The Hall–Kier alpha value is -3.29. The summed E-state index contributed by atoms with van der Waals surface area (Å²) in [7, 11) is 0. The average molecular weight is 401 g/mol. The lowest BCUT2D eigenvalue weighted by Gasteiger charge is -2.30. The molecule has 6 rings (SSSR count). The van der Waals surface area contributed by atoms with Gasteiger partial charge in [-0.15, -0.1) is 15.3 Å². The zero-order chi connectivity index (χ0) is 21.1. The number of aromatic nitrogens is 7. The van der Waals surface area contributed by atoms with Crippen LogP contribution in [0.1, 0.15) is 36.6 Å². The molecule has 1 fully saturated rings. The smallest absolute Gasteiger partial charge is 0.180 e. The molecule has 0 saturated heterocycles. The highest BCUT2D eigenvalue weighted by atomic mass is 15.4. The number of anilines is 1. The summed E-state index contributed by atoms with van der Waals surface area (Å²) in [6, 6.07) is 2.24. The monoisotopic (exact) mass is 401 g/mol. The van der Waals surface area contributed by atoms with Gasteiger partial charge in [-0.1, -0.05) is 0 Å². The van der Waals surface area contributed by atoms with Gasteiger partial charge in [0.25, 0.3) is 0 Å². The van der Waals surface area contributed by atoms with Crippen molar-refractivity contribution >= 4 is 11.5 Å². The zero-order valence-electron chi connectivity index (χ0n) is 18.2. The summed E-state index contributed by atoms with van der Waals surface area (Å²) < 4.78 is 11.6. The minimum Gasteiger partial charge on any atom is -0.350 e. The number of fused-ring (bicyclic) bond motifs is 2. The first-order chi connectivity index (χ1) is 15.1. The van der Waals surface area contributed by atoms with E-state index in [0.717, 1.165) is 65.7 Å². The van der Waals surface area contributed by atoms with Gasteiger partial charge in [-0.2, -0.15) is 9.61 Å². The van der Waals surface area contributed by atoms with Crippen molar-refractivity contribution in [3.8, 4) is 11.1 Å². The van der Waals surface area contributed by atoms with E-state index in [2.05, 4.69) is 44.1 Å². The van der Waals surface area contributed by atoms with E-state index in [1.807, 2.05) is 19.3 Å². The minimum absolute atomic E-state index is 0.0592. The maximum absolute atomic E-state index is 8.00. The van der Waals surface area contributed by atoms with E-state index in [1.165, 1.54) is 22.9 Å². The average Bonchev–Trinajstić information content (AvgIpc) is 3.33. The molecule has 5 heterocycles. The molecule has 1 aliphatic heterocycles. The SMILES string of the molecule is [2H]c1nnc2c(C)c(C)c(N3CCc4ncc(-c5cnn(CC6CC6)c5)cc4C3)nn12. The molecule has 4 aromatic heterocycles. The Kier molecular flexibility index (Phi) is 3.64. The van der Waals surface area contributed by atoms with Crippen molar-refractivity contribution in [2.75, 3.05) is 11.4 Å². The van der Waals surface area contributed by atoms with Crippen LogP contribution >= 0.6 is 0 Å². The summed E-state index contributed by atoms with van der Waals surface area (Å²) in [4.78, 5) is 7.03. The highest BCUT2D eigenvalue weighted by molar-refractivity contribution is 5.63. The third-order valence-electron chi connectivity index (χ3n) is 6.36. The van der Waals surface area contributed by atoms with Gasteiger partial charge in [0, 0.05) is 66.4 Å². The molecule has 0 bridgehead atoms. The lowest BCUT2D eigenvalue weighted by Crippen LogP contribution is -2.32. The van der Waals surface area contributed by atoms with Crippen LogP contribution in [-0.2, 0) is 19.5 Å². The van der Waals surface area contributed by atoms with Crippen molar-refractivity contribution in [2.24, 2.45) is 5.92 Å². The second kappa shape index (κ2) is 6.62. The number of aryl methyl sites for hydroxylation is 1. The molecule has 1 saturated carbocycles. The Morgan fingerprint density at radius 2 is 2.07 bits per heavy atom. The Labute approximate surface area is 176 Å². The third kappa shape index (κ3) is 2.94. The lowest BCUT2D eigenvalue weighted by atomic mass is 10.0. The topological polar surface area (TPSA) is 77.0 Å². The van der Waals surface area contributed by atoms with Gasteiger partial charge in [-0.3, -0.25) is 9.67 Å². The van der Waals surface area contributed by atoms with Crippen LogP contribution in [-0.4, -0.2) is 41.1 Å². The van der Waals surface area contributed by atoms with Gasteiger partial charge in [-0.05, 0) is 44.2 Å². The number of hydrogen-bond acceptors (Lipinski definition) is 6. The van der Waals surface area contributed by atoms with E-state index in [0.29, 0.717) is 5.65 Å². The molecule has 0 aromatic carbocycles. The zero-order valence-corrected chi connectivity index (χ0v) is 17.2. The predicted molar refractivity (Wildman–Crippen MR) is 113 cm³/mol. The highest BCUT2D eigenvalue weighted by Crippen LogP contribution is 2.32. The quantitative estimate of drug-likeness (QED) is 0.523. The van der Waals surface area contributed by atoms with E-state index in [4.69, 9.17) is 11.5 Å². The van der Waals surface area contributed by atoms with E-state index in [9.17, 15) is 0 Å². The maximum atomic E-state index is 8.00. The molecule has 4 aromatic rings. The Morgan fingerprint density at radius 3 is 2.93 bits per heavy atom. The highest BCUT2D eigenvalue weighted by Gasteiger charge is 2.24. The van der Waals surface area contributed by atoms with Crippen molar-refractivity contribution in [2.45, 2.75) is 46.2 Å². The first-order valence-electron chi connectivity index (χ1n) is 11.0. The van der Waals surface area contributed by atoms with Crippen LogP contribution in [0, 0.1) is 19.8 Å². The molecule has 0 amide bonds. The van der Waals surface area contributed by atoms with Gasteiger partial charge >= 0.3 is 0 Å². The van der Waals surface area contributed by atoms with Gasteiger partial charge in [0.05, 0.1) is 6.20 Å². The largest absolute Gasteiger partial charge is 0.350 e. The van der Waals surface area contributed by atoms with Crippen LogP contribution in [0.2, 0.25) is 0 Å². The summed E-state index contributed by atoms with van der Waals surface area (Å²) in [6.45, 7) is 6.67. The van der Waals surface area contributed by atoms with Crippen LogP contribution in [0.3, 0.4) is 0 Å². The fraction of sp³-hybridized carbons (Fsp3) is 0.409. The number of hydrogen-bond donors (Lipinski definition) is 0. The van der Waals surface area contributed by atoms with E-state index < -0.39 is 0 Å². The fourth-order valence-electron chi connectivity index (χ4n) is 4.25. The summed E-state index contributed by atoms with van der Waals surface area (Å²) in [5, 5.41) is 17.2. The van der Waals surface area contributed by atoms with Gasteiger partial charge in [0.2, 0.25) is 0 Å². The molecule has 2 aliphatic rings. The molecule has 0 radical (unpaired) electrons. The van der Waals surface area contributed by atoms with Crippen LogP contribution in [0.25, 0.3) is 16.8 Å². The first-order valence-corrected chi connectivity index (χ1v) is 10.5. The standard InChI is InChI=1S/C22H24N8/c1-14-15(2)22(27-30-13-24-26-21(14)30)28-6-5-20-18(11-28)7-17(8-23-20)19-9-25-29(12-19)10-16-3-4-16/h7-9,12-13,16H,3-6,10-11H2,1-2H3/i13D. The van der Waals surface area contributed by atoms with E-state index in [-0.39, 0.29) is 6.30 Å². The summed E-state index contributed by atoms with van der Waals surface area (Å²) >= 11 is 0. The molecule has 1 aliphatic carbocycles. The summed E-state index contributed by atoms with van der Waals surface area (Å²) in [6.07, 6.45) is 9.61. The molecule has 8 heteroatoms. The molecule has 30 heavy (non-hydrogen) atoms. The molecule has 0 atom stereocenters. The van der Waals surface area contributed by atoms with Gasteiger partial charge in [0.15, 0.2) is 11.5 Å². The van der Waals surface area contributed by atoms with E-state index >= 15 is 0 Å². The Bertz CT molecular complexity index is 1300. The second-order valence-corrected chi connectivity index (χ2v) is 8.50. The van der Waals surface area contributed by atoms with Crippen LogP contribution in [0.4, 0.5) is 5.82 Å². The van der Waals surface area contributed by atoms with Crippen molar-refractivity contribution in [1.82, 2.24) is 34.6 Å². The number of nitrogens with zero attached hydrogens (tertiary/aromatic N) is 8. The number of pyridine rings is 1. The third-order valence-corrected chi connectivity index (χ3v) is 6.36. The second-order valence-electron chi connectivity index (χ2n) is 8.50. The fourth-order valence-corrected chi connectivity index (χ4v) is 4.25. The molecule has 152 valence electrons. The summed E-state index contributed by atoms with van der Waals surface area (Å²) in [5.41, 5.74) is 7.31. The van der Waals surface area contributed by atoms with Crippen molar-refractivity contribution in [1.29, 1.82) is 0 Å².